The number of aryl methyl sites for hydroxylation is 2. The molecule has 0 saturated heterocycles. The molecule has 0 aliphatic carbocycles. The molecule has 0 atom stereocenters. The van der Waals surface area contributed by atoms with E-state index in [4.69, 9.17) is 0 Å². The number of hydrogen-bond acceptors (Lipinski definition) is 4. The van der Waals surface area contributed by atoms with Crippen LogP contribution in [0.2, 0.25) is 0 Å². The van der Waals surface area contributed by atoms with Crippen molar-refractivity contribution < 1.29 is 10.2 Å². The summed E-state index contributed by atoms with van der Waals surface area (Å²) >= 11 is 0. The highest BCUT2D eigenvalue weighted by Crippen LogP contribution is 2.40. The first-order valence-electron chi connectivity index (χ1n) is 8.94. The molecule has 0 aliphatic rings. The molecular formula is C20H28N2O4. The van der Waals surface area contributed by atoms with Crippen LogP contribution in [-0.2, 0) is 14.1 Å². The standard InChI is InChI=1S/C20H28N2O4/c1-7-13(8-2)16(17-14(23)9-11(3)21(5)19(17)25)18-15(24)10-12(4)22(6)20(18)26/h9-10,13,16,23-24H,7-8H2,1-6H3. The molecule has 2 heterocycles. The Balaban J connectivity index is 2.94. The van der Waals surface area contributed by atoms with Gasteiger partial charge in [-0.05, 0) is 31.9 Å². The summed E-state index contributed by atoms with van der Waals surface area (Å²) in [6.45, 7) is 7.43. The topological polar surface area (TPSA) is 84.5 Å². The van der Waals surface area contributed by atoms with Gasteiger partial charge in [-0.1, -0.05) is 26.7 Å². The zero-order valence-electron chi connectivity index (χ0n) is 16.3. The predicted molar refractivity (Wildman–Crippen MR) is 102 cm³/mol. The van der Waals surface area contributed by atoms with E-state index in [0.717, 1.165) is 0 Å². The van der Waals surface area contributed by atoms with Crippen molar-refractivity contribution >= 4 is 0 Å². The summed E-state index contributed by atoms with van der Waals surface area (Å²) in [5.74, 6) is -1.02. The fourth-order valence-corrected chi connectivity index (χ4v) is 3.61. The molecule has 142 valence electrons. The van der Waals surface area contributed by atoms with Gasteiger partial charge in [-0.15, -0.1) is 0 Å². The van der Waals surface area contributed by atoms with Crippen molar-refractivity contribution in [3.63, 3.8) is 0 Å². The fourth-order valence-electron chi connectivity index (χ4n) is 3.61. The molecule has 6 nitrogen and oxygen atoms in total. The largest absolute Gasteiger partial charge is 0.507 e. The summed E-state index contributed by atoms with van der Waals surface area (Å²) in [5, 5.41) is 21.1. The average Bonchev–Trinajstić information content (AvgIpc) is 2.58. The second-order valence-corrected chi connectivity index (χ2v) is 6.95. The van der Waals surface area contributed by atoms with Gasteiger partial charge in [0.05, 0.1) is 11.1 Å². The van der Waals surface area contributed by atoms with E-state index in [1.165, 1.54) is 21.3 Å². The van der Waals surface area contributed by atoms with Crippen LogP contribution in [0.25, 0.3) is 0 Å². The van der Waals surface area contributed by atoms with E-state index >= 15 is 0 Å². The second kappa shape index (κ2) is 7.40. The first-order valence-corrected chi connectivity index (χ1v) is 8.94. The number of aromatic hydroxyl groups is 2. The highest BCUT2D eigenvalue weighted by Gasteiger charge is 2.33. The lowest BCUT2D eigenvalue weighted by atomic mass is 9.78. The maximum absolute atomic E-state index is 12.9. The summed E-state index contributed by atoms with van der Waals surface area (Å²) in [6.07, 6.45) is 1.40. The highest BCUT2D eigenvalue weighted by atomic mass is 16.3. The molecule has 26 heavy (non-hydrogen) atoms. The molecule has 2 aromatic heterocycles. The van der Waals surface area contributed by atoms with Crippen LogP contribution in [0.5, 0.6) is 11.5 Å². The molecule has 0 aromatic carbocycles. The van der Waals surface area contributed by atoms with Crippen molar-refractivity contribution in [3.05, 3.63) is 55.4 Å². The smallest absolute Gasteiger partial charge is 0.258 e. The Morgan fingerprint density at radius 3 is 1.50 bits per heavy atom. The van der Waals surface area contributed by atoms with Crippen LogP contribution < -0.4 is 11.1 Å². The summed E-state index contributed by atoms with van der Waals surface area (Å²) in [7, 11) is 3.27. The van der Waals surface area contributed by atoms with Crippen LogP contribution in [0, 0.1) is 19.8 Å². The monoisotopic (exact) mass is 360 g/mol. The van der Waals surface area contributed by atoms with Crippen LogP contribution in [0.1, 0.15) is 55.1 Å². The molecule has 2 N–H and O–H groups in total. The van der Waals surface area contributed by atoms with E-state index in [1.807, 2.05) is 13.8 Å². The van der Waals surface area contributed by atoms with Crippen LogP contribution in [-0.4, -0.2) is 19.3 Å². The Morgan fingerprint density at radius 1 is 0.846 bits per heavy atom. The van der Waals surface area contributed by atoms with E-state index in [1.54, 1.807) is 27.9 Å². The maximum atomic E-state index is 12.9. The van der Waals surface area contributed by atoms with Gasteiger partial charge in [-0.2, -0.15) is 0 Å². The third-order valence-corrected chi connectivity index (χ3v) is 5.51. The zero-order valence-corrected chi connectivity index (χ0v) is 16.3. The Bertz CT molecular complexity index is 865. The first-order chi connectivity index (χ1) is 12.1. The van der Waals surface area contributed by atoms with Gasteiger partial charge in [-0.3, -0.25) is 9.59 Å². The molecule has 0 aliphatic heterocycles. The minimum absolute atomic E-state index is 0.0717. The van der Waals surface area contributed by atoms with Gasteiger partial charge in [0.2, 0.25) is 0 Å². The average molecular weight is 360 g/mol. The lowest BCUT2D eigenvalue weighted by Crippen LogP contribution is -2.33. The van der Waals surface area contributed by atoms with Gasteiger partial charge in [0.25, 0.3) is 11.1 Å². The first kappa shape index (κ1) is 19.8. The Kier molecular flexibility index (Phi) is 5.64. The van der Waals surface area contributed by atoms with E-state index in [9.17, 15) is 19.8 Å². The second-order valence-electron chi connectivity index (χ2n) is 6.95. The van der Waals surface area contributed by atoms with E-state index in [2.05, 4.69) is 0 Å². The quantitative estimate of drug-likeness (QED) is 0.858. The summed E-state index contributed by atoms with van der Waals surface area (Å²) in [4.78, 5) is 25.9. The lowest BCUT2D eigenvalue weighted by molar-refractivity contribution is 0.387. The van der Waals surface area contributed by atoms with Gasteiger partial charge in [0.1, 0.15) is 11.5 Å². The van der Waals surface area contributed by atoms with Crippen LogP contribution in [0.3, 0.4) is 0 Å². The summed E-state index contributed by atoms with van der Waals surface area (Å²) in [5.41, 5.74) is 0.898. The van der Waals surface area contributed by atoms with Gasteiger partial charge >= 0.3 is 0 Å². The number of hydrogen-bond donors (Lipinski definition) is 2. The van der Waals surface area contributed by atoms with Crippen molar-refractivity contribution in [2.75, 3.05) is 0 Å². The SMILES string of the molecule is CCC(CC)C(c1c(O)cc(C)n(C)c1=O)c1c(O)cc(C)n(C)c1=O. The number of nitrogens with zero attached hydrogens (tertiary/aromatic N) is 2. The molecule has 0 unspecified atom stereocenters. The zero-order chi connectivity index (χ0) is 19.8. The van der Waals surface area contributed by atoms with Crippen molar-refractivity contribution in [2.24, 2.45) is 20.0 Å². The van der Waals surface area contributed by atoms with Crippen molar-refractivity contribution in [2.45, 2.75) is 46.5 Å². The molecule has 0 saturated carbocycles. The minimum Gasteiger partial charge on any atom is -0.507 e. The highest BCUT2D eigenvalue weighted by molar-refractivity contribution is 5.46. The van der Waals surface area contributed by atoms with Gasteiger partial charge in [0.15, 0.2) is 0 Å². The normalized spacial score (nSPS) is 11.5. The molecule has 0 radical (unpaired) electrons. The third kappa shape index (κ3) is 3.16. The minimum atomic E-state index is -0.677. The molecule has 0 fully saturated rings. The molecule has 2 aromatic rings. The summed E-state index contributed by atoms with van der Waals surface area (Å²) in [6, 6.07) is 3.06. The number of pyridine rings is 2. The molecule has 0 amide bonds. The fraction of sp³-hybridized carbons (Fsp3) is 0.500. The predicted octanol–water partition coefficient (Wildman–Crippen LogP) is 2.68. The van der Waals surface area contributed by atoms with Crippen molar-refractivity contribution in [1.29, 1.82) is 0 Å². The van der Waals surface area contributed by atoms with Crippen LogP contribution in [0.15, 0.2) is 21.7 Å². The maximum Gasteiger partial charge on any atom is 0.258 e. The Morgan fingerprint density at radius 2 is 1.19 bits per heavy atom. The number of aromatic nitrogens is 2. The Labute approximate surface area is 153 Å². The van der Waals surface area contributed by atoms with Gasteiger partial charge in [-0.25, -0.2) is 0 Å². The molecule has 2 rings (SSSR count). The molecular weight excluding hydrogens is 332 g/mol. The molecule has 6 heteroatoms. The molecule has 0 spiro atoms. The Hall–Kier alpha value is -2.50. The van der Waals surface area contributed by atoms with Crippen LogP contribution in [0.4, 0.5) is 0 Å². The van der Waals surface area contributed by atoms with E-state index < -0.39 is 5.92 Å². The molecule has 0 bridgehead atoms. The van der Waals surface area contributed by atoms with Crippen LogP contribution >= 0.6 is 0 Å². The van der Waals surface area contributed by atoms with E-state index in [0.29, 0.717) is 24.2 Å². The van der Waals surface area contributed by atoms with Crippen molar-refractivity contribution in [1.82, 2.24) is 9.13 Å². The van der Waals surface area contributed by atoms with E-state index in [-0.39, 0.29) is 39.7 Å². The van der Waals surface area contributed by atoms with Gasteiger partial charge < -0.3 is 19.3 Å². The summed E-state index contributed by atoms with van der Waals surface area (Å²) < 4.78 is 2.92. The number of rotatable bonds is 5. The third-order valence-electron chi connectivity index (χ3n) is 5.51. The van der Waals surface area contributed by atoms with Crippen molar-refractivity contribution in [3.8, 4) is 11.5 Å². The lowest BCUT2D eigenvalue weighted by Gasteiger charge is -2.27. The van der Waals surface area contributed by atoms with Gasteiger partial charge in [0, 0.05) is 31.4 Å².